The van der Waals surface area contributed by atoms with Crippen LogP contribution in [0.2, 0.25) is 0 Å². The van der Waals surface area contributed by atoms with E-state index in [2.05, 4.69) is 10.3 Å². The van der Waals surface area contributed by atoms with Gasteiger partial charge in [-0.25, -0.2) is 4.68 Å². The Hall–Kier alpha value is -6.98. The number of phenolic OH excluding ortho intramolecular Hbond substituents is 1. The van der Waals surface area contributed by atoms with Gasteiger partial charge in [-0.1, -0.05) is 90.2 Å². The molecule has 7 aromatic rings. The van der Waals surface area contributed by atoms with Gasteiger partial charge in [-0.2, -0.15) is 0 Å². The van der Waals surface area contributed by atoms with Crippen molar-refractivity contribution in [3.05, 3.63) is 172 Å². The molecule has 0 saturated carbocycles. The highest BCUT2D eigenvalue weighted by atomic mass is 16.5. The van der Waals surface area contributed by atoms with Crippen molar-refractivity contribution in [2.24, 2.45) is 0 Å². The largest absolute Gasteiger partial charge is 0.507 e. The van der Waals surface area contributed by atoms with E-state index >= 15 is 0 Å². The minimum Gasteiger partial charge on any atom is -0.507 e. The molecule has 1 N–H and O–H groups in total. The third kappa shape index (κ3) is 10.7. The van der Waals surface area contributed by atoms with Gasteiger partial charge in [0.05, 0.1) is 43.0 Å². The molecule has 7 rings (SSSR count). The maximum absolute atomic E-state index is 13.5. The number of para-hydroxylation sites is 2. The van der Waals surface area contributed by atoms with Crippen molar-refractivity contribution in [2.75, 3.05) is 26.4 Å². The fourth-order valence-electron chi connectivity index (χ4n) is 6.16. The molecule has 294 valence electrons. The highest BCUT2D eigenvalue weighted by molar-refractivity contribution is 6.08. The number of aromatic nitrogens is 3. The molecule has 5 aromatic carbocycles. The number of ether oxygens (including phenoxy) is 4. The molecule has 0 fully saturated rings. The zero-order chi connectivity index (χ0) is 39.9. The quantitative estimate of drug-likeness (QED) is 0.0455. The first-order valence-corrected chi connectivity index (χ1v) is 19.2. The van der Waals surface area contributed by atoms with E-state index in [1.807, 2.05) is 91.1 Å². The van der Waals surface area contributed by atoms with Gasteiger partial charge >= 0.3 is 0 Å². The summed E-state index contributed by atoms with van der Waals surface area (Å²) in [5.41, 5.74) is 3.89. The Balaban J connectivity index is 0.805. The number of allylic oxidation sites excluding steroid dienone is 1. The summed E-state index contributed by atoms with van der Waals surface area (Å²) >= 11 is 0. The highest BCUT2D eigenvalue weighted by Gasteiger charge is 2.18. The van der Waals surface area contributed by atoms with Crippen LogP contribution < -0.4 is 19.6 Å². The predicted octanol–water partition coefficient (Wildman–Crippen LogP) is 8.73. The summed E-state index contributed by atoms with van der Waals surface area (Å²) in [6.07, 6.45) is 7.64. The Kier molecular flexibility index (Phi) is 13.4. The second kappa shape index (κ2) is 19.7. The number of rotatable bonds is 20. The molecule has 0 bridgehead atoms. The van der Waals surface area contributed by atoms with Crippen LogP contribution in [0.3, 0.4) is 0 Å². The van der Waals surface area contributed by atoms with E-state index in [-0.39, 0.29) is 34.9 Å². The summed E-state index contributed by atoms with van der Waals surface area (Å²) in [5, 5.41) is 18.8. The van der Waals surface area contributed by atoms with E-state index in [1.165, 1.54) is 12.1 Å². The molecule has 0 aliphatic heterocycles. The van der Waals surface area contributed by atoms with Gasteiger partial charge in [-0.05, 0) is 85.0 Å². The number of carbonyl (C=O) groups excluding carboxylic acids is 1. The summed E-state index contributed by atoms with van der Waals surface area (Å²) in [6.45, 7) is 2.51. The number of benzene rings is 5. The van der Waals surface area contributed by atoms with Crippen LogP contribution >= 0.6 is 0 Å². The number of hydrogen-bond acceptors (Lipinski definition) is 10. The summed E-state index contributed by atoms with van der Waals surface area (Å²) in [5.74, 6) is 1.57. The van der Waals surface area contributed by atoms with Gasteiger partial charge in [0.25, 0.3) is 0 Å². The lowest BCUT2D eigenvalue weighted by molar-refractivity contribution is 0.0923. The third-order valence-corrected chi connectivity index (χ3v) is 9.20. The molecule has 0 radical (unpaired) electrons. The number of aromatic hydroxyl groups is 1. The van der Waals surface area contributed by atoms with Crippen LogP contribution in [0.25, 0.3) is 28.4 Å². The molecular formula is C47H43N3O8. The Morgan fingerprint density at radius 3 is 2.41 bits per heavy atom. The lowest BCUT2D eigenvalue weighted by Crippen LogP contribution is -2.12. The normalized spacial score (nSPS) is 11.2. The van der Waals surface area contributed by atoms with Crippen molar-refractivity contribution in [3.63, 3.8) is 0 Å². The molecule has 0 spiro atoms. The first-order valence-electron chi connectivity index (χ1n) is 19.2. The smallest absolute Gasteiger partial charge is 0.235 e. The van der Waals surface area contributed by atoms with Gasteiger partial charge in [-0.15, -0.1) is 5.10 Å². The van der Waals surface area contributed by atoms with Crippen LogP contribution in [0, 0.1) is 0 Å². The fraction of sp³-hybridized carbons (Fsp3) is 0.191. The summed E-state index contributed by atoms with van der Waals surface area (Å²) in [4.78, 5) is 25.9. The first-order chi connectivity index (χ1) is 28.5. The van der Waals surface area contributed by atoms with Crippen LogP contribution in [-0.4, -0.2) is 52.3 Å². The SMILES string of the molecule is O=C(/C=C/c1ccc(OCCCCc2cn(CCOCCOc3cccc(-c4oc5ccccc5c(=O)c4OCc4ccccc4)c3)nn2)cc1)c1ccccc1O. The number of fused-ring (bicyclic) bond motifs is 1. The minimum atomic E-state index is -0.259. The summed E-state index contributed by atoms with van der Waals surface area (Å²) in [7, 11) is 0. The summed E-state index contributed by atoms with van der Waals surface area (Å²) < 4.78 is 31.8. The summed E-state index contributed by atoms with van der Waals surface area (Å²) in [6, 6.07) is 38.2. The molecule has 0 atom stereocenters. The van der Waals surface area contributed by atoms with E-state index in [4.69, 9.17) is 23.4 Å². The van der Waals surface area contributed by atoms with Crippen LogP contribution in [0.15, 0.2) is 149 Å². The van der Waals surface area contributed by atoms with Gasteiger partial charge in [0.15, 0.2) is 11.5 Å². The molecule has 2 heterocycles. The average Bonchev–Trinajstić information content (AvgIpc) is 3.72. The highest BCUT2D eigenvalue weighted by Crippen LogP contribution is 2.33. The standard InChI is InChI=1S/C47H43N3O8/c51-42-18-6-4-16-40(42)43(52)25-22-34-20-23-38(24-21-34)55-27-9-8-14-37-32-50(49-48-37)26-28-54-29-30-56-39-15-10-13-36(31-39)46-47(57-33-35-11-2-1-3-12-35)45(53)41-17-5-7-19-44(41)58-46/h1-7,10-13,15-25,31-32,51H,8-9,14,26-30,33H2/b25-22+. The number of carbonyl (C=O) groups is 1. The first kappa shape index (κ1) is 39.3. The van der Waals surface area contributed by atoms with Gasteiger partial charge < -0.3 is 28.5 Å². The van der Waals surface area contributed by atoms with Crippen molar-refractivity contribution in [2.45, 2.75) is 32.4 Å². The number of hydrogen-bond donors (Lipinski definition) is 1. The van der Waals surface area contributed by atoms with Gasteiger partial charge in [-0.3, -0.25) is 9.59 Å². The topological polar surface area (TPSA) is 135 Å². The van der Waals surface area contributed by atoms with Crippen LogP contribution in [0.1, 0.15) is 40.0 Å². The van der Waals surface area contributed by atoms with Crippen molar-refractivity contribution in [1.29, 1.82) is 0 Å². The number of ketones is 1. The number of aryl methyl sites for hydroxylation is 1. The minimum absolute atomic E-state index is 0.0342. The van der Waals surface area contributed by atoms with E-state index in [0.717, 1.165) is 41.8 Å². The lowest BCUT2D eigenvalue weighted by Gasteiger charge is -2.13. The number of unbranched alkanes of at least 4 members (excludes halogenated alkanes) is 1. The monoisotopic (exact) mass is 777 g/mol. The van der Waals surface area contributed by atoms with Gasteiger partial charge in [0.2, 0.25) is 11.2 Å². The van der Waals surface area contributed by atoms with Crippen molar-refractivity contribution < 1.29 is 33.3 Å². The van der Waals surface area contributed by atoms with Crippen molar-refractivity contribution >= 4 is 22.8 Å². The van der Waals surface area contributed by atoms with E-state index in [0.29, 0.717) is 61.0 Å². The number of phenols is 1. The fourth-order valence-corrected chi connectivity index (χ4v) is 6.16. The Morgan fingerprint density at radius 1 is 0.759 bits per heavy atom. The molecule has 0 aliphatic rings. The Bertz CT molecular complexity index is 2510. The zero-order valence-corrected chi connectivity index (χ0v) is 31.9. The molecule has 11 nitrogen and oxygen atoms in total. The molecule has 0 aliphatic carbocycles. The van der Waals surface area contributed by atoms with Gasteiger partial charge in [0.1, 0.15) is 36.0 Å². The average molecular weight is 778 g/mol. The molecule has 0 saturated heterocycles. The molecule has 0 unspecified atom stereocenters. The number of nitrogens with zero attached hydrogens (tertiary/aromatic N) is 3. The maximum Gasteiger partial charge on any atom is 0.235 e. The van der Waals surface area contributed by atoms with E-state index < -0.39 is 0 Å². The zero-order valence-electron chi connectivity index (χ0n) is 31.9. The van der Waals surface area contributed by atoms with Gasteiger partial charge in [0, 0.05) is 11.8 Å². The lowest BCUT2D eigenvalue weighted by atomic mass is 10.1. The molecule has 2 aromatic heterocycles. The van der Waals surface area contributed by atoms with Crippen LogP contribution in [0.4, 0.5) is 0 Å². The second-order valence-corrected chi connectivity index (χ2v) is 13.4. The molecule has 0 amide bonds. The van der Waals surface area contributed by atoms with E-state index in [1.54, 1.807) is 47.2 Å². The Labute approximate surface area is 335 Å². The Morgan fingerprint density at radius 2 is 1.55 bits per heavy atom. The van der Waals surface area contributed by atoms with Crippen LogP contribution in [0.5, 0.6) is 23.0 Å². The maximum atomic E-state index is 13.5. The van der Waals surface area contributed by atoms with Crippen LogP contribution in [-0.2, 0) is 24.3 Å². The third-order valence-electron chi connectivity index (χ3n) is 9.20. The molecular weight excluding hydrogens is 735 g/mol. The van der Waals surface area contributed by atoms with Crippen molar-refractivity contribution in [3.8, 4) is 34.3 Å². The predicted molar refractivity (Wildman–Crippen MR) is 221 cm³/mol. The van der Waals surface area contributed by atoms with E-state index in [9.17, 15) is 14.7 Å². The second-order valence-electron chi connectivity index (χ2n) is 13.4. The molecule has 58 heavy (non-hydrogen) atoms. The van der Waals surface area contributed by atoms with Crippen molar-refractivity contribution in [1.82, 2.24) is 15.0 Å². The molecule has 11 heteroatoms.